The SMILES string of the molecule is Cc1nc(NCc2ccccc2O)ccc1Br. The molecule has 2 rings (SSSR count). The van der Waals surface area contributed by atoms with Gasteiger partial charge in [-0.15, -0.1) is 0 Å². The van der Waals surface area contributed by atoms with E-state index < -0.39 is 0 Å². The number of benzene rings is 1. The normalized spacial score (nSPS) is 10.2. The molecule has 0 aliphatic carbocycles. The standard InChI is InChI=1S/C13H13BrN2O/c1-9-11(14)6-7-13(16-9)15-8-10-4-2-3-5-12(10)17/h2-7,17H,8H2,1H3,(H,15,16). The number of halogens is 1. The second-order valence-corrected chi connectivity index (χ2v) is 4.60. The minimum absolute atomic E-state index is 0.300. The second kappa shape index (κ2) is 5.19. The molecule has 17 heavy (non-hydrogen) atoms. The van der Waals surface area contributed by atoms with E-state index in [1.807, 2.05) is 31.2 Å². The van der Waals surface area contributed by atoms with Crippen molar-refractivity contribution >= 4 is 21.7 Å². The lowest BCUT2D eigenvalue weighted by molar-refractivity contribution is 0.469. The molecule has 0 saturated heterocycles. The van der Waals surface area contributed by atoms with Crippen LogP contribution in [0.4, 0.5) is 5.82 Å². The summed E-state index contributed by atoms with van der Waals surface area (Å²) in [6.45, 7) is 2.50. The van der Waals surface area contributed by atoms with Crippen molar-refractivity contribution in [2.24, 2.45) is 0 Å². The predicted molar refractivity (Wildman–Crippen MR) is 72.1 cm³/mol. The molecule has 0 radical (unpaired) electrons. The van der Waals surface area contributed by atoms with Crippen molar-refractivity contribution in [3.05, 3.63) is 52.1 Å². The Hall–Kier alpha value is -1.55. The Labute approximate surface area is 109 Å². The lowest BCUT2D eigenvalue weighted by Crippen LogP contribution is -2.02. The van der Waals surface area contributed by atoms with Crippen molar-refractivity contribution in [1.29, 1.82) is 0 Å². The molecule has 88 valence electrons. The highest BCUT2D eigenvalue weighted by Crippen LogP contribution is 2.19. The third kappa shape index (κ3) is 2.97. The van der Waals surface area contributed by atoms with Crippen molar-refractivity contribution in [3.63, 3.8) is 0 Å². The van der Waals surface area contributed by atoms with Gasteiger partial charge in [0.05, 0.1) is 5.69 Å². The number of anilines is 1. The van der Waals surface area contributed by atoms with Crippen LogP contribution in [-0.2, 0) is 6.54 Å². The number of phenolic OH excluding ortho intramolecular Hbond substituents is 1. The van der Waals surface area contributed by atoms with Gasteiger partial charge in [0.2, 0.25) is 0 Å². The molecule has 2 N–H and O–H groups in total. The Balaban J connectivity index is 2.08. The smallest absolute Gasteiger partial charge is 0.126 e. The van der Waals surface area contributed by atoms with Crippen LogP contribution in [-0.4, -0.2) is 10.1 Å². The van der Waals surface area contributed by atoms with Gasteiger partial charge in [-0.25, -0.2) is 4.98 Å². The molecular weight excluding hydrogens is 280 g/mol. The number of para-hydroxylation sites is 1. The maximum atomic E-state index is 9.62. The number of nitrogens with zero attached hydrogens (tertiary/aromatic N) is 1. The molecule has 0 saturated carbocycles. The fourth-order valence-corrected chi connectivity index (χ4v) is 1.71. The zero-order valence-electron chi connectivity index (χ0n) is 9.44. The van der Waals surface area contributed by atoms with Gasteiger partial charge in [0.25, 0.3) is 0 Å². The van der Waals surface area contributed by atoms with Crippen LogP contribution < -0.4 is 5.32 Å². The van der Waals surface area contributed by atoms with Gasteiger partial charge in [0.1, 0.15) is 11.6 Å². The highest BCUT2D eigenvalue weighted by Gasteiger charge is 2.01. The molecule has 3 nitrogen and oxygen atoms in total. The van der Waals surface area contributed by atoms with Crippen molar-refractivity contribution in [1.82, 2.24) is 4.98 Å². The van der Waals surface area contributed by atoms with E-state index in [0.717, 1.165) is 21.5 Å². The molecule has 1 aromatic carbocycles. The molecule has 0 atom stereocenters. The molecule has 1 aromatic heterocycles. The van der Waals surface area contributed by atoms with Gasteiger partial charge in [0, 0.05) is 16.6 Å². The summed E-state index contributed by atoms with van der Waals surface area (Å²) < 4.78 is 0.991. The number of pyridine rings is 1. The summed E-state index contributed by atoms with van der Waals surface area (Å²) in [5.74, 6) is 1.10. The van der Waals surface area contributed by atoms with E-state index in [9.17, 15) is 5.11 Å². The molecule has 0 aliphatic rings. The zero-order valence-corrected chi connectivity index (χ0v) is 11.0. The number of aryl methyl sites for hydroxylation is 1. The van der Waals surface area contributed by atoms with Gasteiger partial charge in [-0.3, -0.25) is 0 Å². The lowest BCUT2D eigenvalue weighted by atomic mass is 10.2. The van der Waals surface area contributed by atoms with Crippen molar-refractivity contribution in [3.8, 4) is 5.75 Å². The van der Waals surface area contributed by atoms with Crippen LogP contribution in [0.25, 0.3) is 0 Å². The molecule has 0 aliphatic heterocycles. The molecule has 0 spiro atoms. The van der Waals surface area contributed by atoms with Gasteiger partial charge < -0.3 is 10.4 Å². The van der Waals surface area contributed by atoms with E-state index in [0.29, 0.717) is 12.3 Å². The number of phenols is 1. The van der Waals surface area contributed by atoms with Crippen molar-refractivity contribution < 1.29 is 5.11 Å². The first-order valence-electron chi connectivity index (χ1n) is 5.30. The minimum atomic E-state index is 0.300. The van der Waals surface area contributed by atoms with Crippen molar-refractivity contribution in [2.45, 2.75) is 13.5 Å². The Bertz CT molecular complexity index is 529. The molecule has 0 unspecified atom stereocenters. The molecule has 0 amide bonds. The number of hydrogen-bond donors (Lipinski definition) is 2. The fourth-order valence-electron chi connectivity index (χ4n) is 1.49. The highest BCUT2D eigenvalue weighted by molar-refractivity contribution is 9.10. The lowest BCUT2D eigenvalue weighted by Gasteiger charge is -2.08. The first-order chi connectivity index (χ1) is 8.16. The Morgan fingerprint density at radius 2 is 2.00 bits per heavy atom. The zero-order chi connectivity index (χ0) is 12.3. The van der Waals surface area contributed by atoms with Gasteiger partial charge in [0.15, 0.2) is 0 Å². The molecule has 1 heterocycles. The maximum absolute atomic E-state index is 9.62. The molecule has 0 bridgehead atoms. The van der Waals surface area contributed by atoms with Gasteiger partial charge in [-0.05, 0) is 41.1 Å². The minimum Gasteiger partial charge on any atom is -0.508 e. The van der Waals surface area contributed by atoms with E-state index in [4.69, 9.17) is 0 Å². The largest absolute Gasteiger partial charge is 0.508 e. The van der Waals surface area contributed by atoms with Gasteiger partial charge in [-0.1, -0.05) is 18.2 Å². The average Bonchev–Trinajstić information content (AvgIpc) is 2.32. The topological polar surface area (TPSA) is 45.2 Å². The van der Waals surface area contributed by atoms with Crippen molar-refractivity contribution in [2.75, 3.05) is 5.32 Å². The second-order valence-electron chi connectivity index (χ2n) is 3.75. The highest BCUT2D eigenvalue weighted by atomic mass is 79.9. The summed E-state index contributed by atoms with van der Waals surface area (Å²) >= 11 is 3.41. The molecule has 0 fully saturated rings. The number of hydrogen-bond acceptors (Lipinski definition) is 3. The number of rotatable bonds is 3. The summed E-state index contributed by atoms with van der Waals surface area (Å²) in [5, 5.41) is 12.8. The molecule has 4 heteroatoms. The van der Waals surface area contributed by atoms with Crippen LogP contribution in [0.2, 0.25) is 0 Å². The summed E-state index contributed by atoms with van der Waals surface area (Å²) in [4.78, 5) is 4.38. The number of nitrogens with one attached hydrogen (secondary N) is 1. The van der Waals surface area contributed by atoms with E-state index in [1.165, 1.54) is 0 Å². The summed E-state index contributed by atoms with van der Waals surface area (Å²) in [5.41, 5.74) is 1.79. The third-order valence-corrected chi connectivity index (χ3v) is 3.31. The van der Waals surface area contributed by atoms with Crippen LogP contribution in [0.15, 0.2) is 40.9 Å². The van der Waals surface area contributed by atoms with E-state index in [2.05, 4.69) is 26.2 Å². The summed E-state index contributed by atoms with van der Waals surface area (Å²) in [7, 11) is 0. The average molecular weight is 293 g/mol. The Morgan fingerprint density at radius 3 is 2.71 bits per heavy atom. The first-order valence-corrected chi connectivity index (χ1v) is 6.10. The van der Waals surface area contributed by atoms with Gasteiger partial charge in [-0.2, -0.15) is 0 Å². The van der Waals surface area contributed by atoms with E-state index >= 15 is 0 Å². The van der Waals surface area contributed by atoms with Gasteiger partial charge >= 0.3 is 0 Å². The summed E-state index contributed by atoms with van der Waals surface area (Å²) in [6.07, 6.45) is 0. The van der Waals surface area contributed by atoms with Crippen LogP contribution in [0.5, 0.6) is 5.75 Å². The van der Waals surface area contributed by atoms with Crippen LogP contribution in [0, 0.1) is 6.92 Å². The number of aromatic nitrogens is 1. The molecular formula is C13H13BrN2O. The monoisotopic (exact) mass is 292 g/mol. The Morgan fingerprint density at radius 1 is 1.24 bits per heavy atom. The van der Waals surface area contributed by atoms with Crippen LogP contribution >= 0.6 is 15.9 Å². The predicted octanol–water partition coefficient (Wildman–Crippen LogP) is 3.47. The van der Waals surface area contributed by atoms with E-state index in [-0.39, 0.29) is 0 Å². The number of aromatic hydroxyl groups is 1. The molecule has 2 aromatic rings. The quantitative estimate of drug-likeness (QED) is 0.910. The third-order valence-electron chi connectivity index (χ3n) is 2.47. The van der Waals surface area contributed by atoms with Crippen LogP contribution in [0.3, 0.4) is 0 Å². The maximum Gasteiger partial charge on any atom is 0.126 e. The Kier molecular flexibility index (Phi) is 3.64. The first kappa shape index (κ1) is 11.9. The van der Waals surface area contributed by atoms with E-state index in [1.54, 1.807) is 12.1 Å². The fraction of sp³-hybridized carbons (Fsp3) is 0.154. The summed E-state index contributed by atoms with van der Waals surface area (Å²) in [6, 6.07) is 11.1. The van der Waals surface area contributed by atoms with Crippen LogP contribution in [0.1, 0.15) is 11.3 Å².